The molecule has 1 fully saturated rings. The van der Waals surface area contributed by atoms with Gasteiger partial charge in [0.1, 0.15) is 17.0 Å². The van der Waals surface area contributed by atoms with Gasteiger partial charge in [0.15, 0.2) is 5.75 Å². The fraction of sp³-hybridized carbons (Fsp3) is 0.412. The van der Waals surface area contributed by atoms with Crippen molar-refractivity contribution in [3.8, 4) is 11.5 Å². The Morgan fingerprint density at radius 3 is 2.86 bits per heavy atom. The number of hydrogen-bond donors (Lipinski definition) is 2. The Balaban J connectivity index is 1.70. The molecule has 3 rings (SSSR count). The lowest BCUT2D eigenvalue weighted by Gasteiger charge is -2.25. The van der Waals surface area contributed by atoms with Crippen LogP contribution >= 0.6 is 0 Å². The number of pyridine rings is 1. The molecule has 0 bridgehead atoms. The molecule has 1 aromatic carbocycles. The van der Waals surface area contributed by atoms with Gasteiger partial charge in [-0.1, -0.05) is 6.42 Å². The number of aliphatic imine (C=N–C) groups is 1. The third kappa shape index (κ3) is 3.20. The average molecular weight is 299 g/mol. The first kappa shape index (κ1) is 14.8. The molecule has 0 amide bonds. The quantitative estimate of drug-likeness (QED) is 0.672. The van der Waals surface area contributed by atoms with Crippen molar-refractivity contribution in [3.63, 3.8) is 0 Å². The van der Waals surface area contributed by atoms with Crippen LogP contribution in [-0.2, 0) is 0 Å². The number of piperidine rings is 1. The van der Waals surface area contributed by atoms with Crippen LogP contribution in [0.2, 0.25) is 0 Å². The van der Waals surface area contributed by atoms with Crippen LogP contribution < -0.4 is 0 Å². The molecule has 0 spiro atoms. The first-order valence-corrected chi connectivity index (χ1v) is 7.80. The molecule has 1 aromatic heterocycles. The smallest absolute Gasteiger partial charge is 0.150 e. The van der Waals surface area contributed by atoms with E-state index in [2.05, 4.69) is 14.9 Å². The number of phenolic OH excluding ortho intramolecular Hbond substituents is 2. The number of benzene rings is 1. The minimum absolute atomic E-state index is 0.0385. The van der Waals surface area contributed by atoms with Crippen molar-refractivity contribution < 1.29 is 10.2 Å². The van der Waals surface area contributed by atoms with Crippen molar-refractivity contribution in [1.29, 1.82) is 0 Å². The summed E-state index contributed by atoms with van der Waals surface area (Å²) in [5.41, 5.74) is 0.781. The summed E-state index contributed by atoms with van der Waals surface area (Å²) in [6.45, 7) is 3.33. The van der Waals surface area contributed by atoms with Gasteiger partial charge >= 0.3 is 0 Å². The Bertz CT molecular complexity index is 679. The van der Waals surface area contributed by atoms with Crippen molar-refractivity contribution >= 4 is 22.8 Å². The van der Waals surface area contributed by atoms with E-state index in [1.54, 1.807) is 18.3 Å². The molecule has 0 unspecified atom stereocenters. The van der Waals surface area contributed by atoms with Crippen LogP contribution in [0, 0.1) is 0 Å². The predicted octanol–water partition coefficient (Wildman–Crippen LogP) is 3.22. The van der Waals surface area contributed by atoms with E-state index in [4.69, 9.17) is 0 Å². The lowest BCUT2D eigenvalue weighted by Crippen LogP contribution is -2.30. The first-order chi connectivity index (χ1) is 10.8. The number of likely N-dealkylation sites (tertiary alicyclic amines) is 1. The molecule has 0 saturated carbocycles. The van der Waals surface area contributed by atoms with Gasteiger partial charge in [0.25, 0.3) is 0 Å². The number of phenols is 2. The van der Waals surface area contributed by atoms with Crippen LogP contribution in [0.15, 0.2) is 29.4 Å². The molecule has 0 aliphatic carbocycles. The molecule has 2 N–H and O–H groups in total. The van der Waals surface area contributed by atoms with Crippen LogP contribution in [-0.4, -0.2) is 45.9 Å². The van der Waals surface area contributed by atoms with Gasteiger partial charge in [0.2, 0.25) is 0 Å². The molecule has 0 radical (unpaired) electrons. The third-order valence-electron chi connectivity index (χ3n) is 4.07. The second-order valence-electron chi connectivity index (χ2n) is 5.67. The van der Waals surface area contributed by atoms with Crippen molar-refractivity contribution in [3.05, 3.63) is 24.4 Å². The molecule has 116 valence electrons. The molecule has 1 aliphatic heterocycles. The minimum Gasteiger partial charge on any atom is -0.506 e. The molecule has 2 heterocycles. The second-order valence-corrected chi connectivity index (χ2v) is 5.67. The highest BCUT2D eigenvalue weighted by atomic mass is 16.3. The molecule has 22 heavy (non-hydrogen) atoms. The zero-order chi connectivity index (χ0) is 15.4. The van der Waals surface area contributed by atoms with E-state index in [0.717, 1.165) is 13.0 Å². The Morgan fingerprint density at radius 2 is 2.05 bits per heavy atom. The molecule has 1 saturated heterocycles. The highest BCUT2D eigenvalue weighted by Gasteiger charge is 2.11. The number of hydrogen-bond acceptors (Lipinski definition) is 5. The normalized spacial score (nSPS) is 16.5. The summed E-state index contributed by atoms with van der Waals surface area (Å²) in [6, 6.07) is 4.91. The van der Waals surface area contributed by atoms with Gasteiger partial charge in [0.05, 0.1) is 0 Å². The predicted molar refractivity (Wildman–Crippen MR) is 88.1 cm³/mol. The van der Waals surface area contributed by atoms with E-state index in [0.29, 0.717) is 16.6 Å². The van der Waals surface area contributed by atoms with Crippen molar-refractivity contribution in [1.82, 2.24) is 9.88 Å². The topological polar surface area (TPSA) is 69.0 Å². The van der Waals surface area contributed by atoms with Crippen LogP contribution in [0.5, 0.6) is 11.5 Å². The van der Waals surface area contributed by atoms with E-state index >= 15 is 0 Å². The van der Waals surface area contributed by atoms with Crippen LogP contribution in [0.1, 0.15) is 25.7 Å². The molecular formula is C17H21N3O2. The standard InChI is InChI=1S/C17H21N3O2/c21-15-12-14(17(22)13-6-4-7-19-16(13)15)18-8-5-11-20-9-2-1-3-10-20/h4,6-8,12,21-22H,1-3,5,9-11H2. The molecule has 0 atom stereocenters. The second kappa shape index (κ2) is 6.75. The molecule has 5 heteroatoms. The summed E-state index contributed by atoms with van der Waals surface area (Å²) in [5.74, 6) is 0.103. The Hall–Kier alpha value is -2.14. The maximum atomic E-state index is 10.2. The van der Waals surface area contributed by atoms with Crippen molar-refractivity contribution in [2.24, 2.45) is 4.99 Å². The van der Waals surface area contributed by atoms with Crippen molar-refractivity contribution in [2.45, 2.75) is 25.7 Å². The van der Waals surface area contributed by atoms with Gasteiger partial charge < -0.3 is 15.1 Å². The molecular weight excluding hydrogens is 278 g/mol. The number of aromatic hydroxyl groups is 2. The lowest BCUT2D eigenvalue weighted by atomic mass is 10.1. The monoisotopic (exact) mass is 299 g/mol. The highest BCUT2D eigenvalue weighted by Crippen LogP contribution is 2.38. The van der Waals surface area contributed by atoms with E-state index < -0.39 is 0 Å². The van der Waals surface area contributed by atoms with E-state index in [1.807, 2.05) is 6.21 Å². The Kier molecular flexibility index (Phi) is 4.53. The van der Waals surface area contributed by atoms with Gasteiger partial charge in [-0.05, 0) is 44.5 Å². The van der Waals surface area contributed by atoms with Crippen molar-refractivity contribution in [2.75, 3.05) is 19.6 Å². The molecule has 1 aliphatic rings. The summed E-state index contributed by atoms with van der Waals surface area (Å²) in [5, 5.41) is 20.7. The Morgan fingerprint density at radius 1 is 1.23 bits per heavy atom. The fourth-order valence-corrected chi connectivity index (χ4v) is 2.89. The summed E-state index contributed by atoms with van der Waals surface area (Å²) in [7, 11) is 0. The number of rotatable bonds is 4. The summed E-state index contributed by atoms with van der Waals surface area (Å²) >= 11 is 0. The van der Waals surface area contributed by atoms with Gasteiger partial charge in [-0.25, -0.2) is 0 Å². The fourth-order valence-electron chi connectivity index (χ4n) is 2.89. The van der Waals surface area contributed by atoms with E-state index in [1.165, 1.54) is 38.4 Å². The van der Waals surface area contributed by atoms with Gasteiger partial charge in [0, 0.05) is 30.4 Å². The maximum Gasteiger partial charge on any atom is 0.150 e. The summed E-state index contributed by atoms with van der Waals surface area (Å²) in [4.78, 5) is 10.8. The third-order valence-corrected chi connectivity index (χ3v) is 4.07. The van der Waals surface area contributed by atoms with E-state index in [-0.39, 0.29) is 11.5 Å². The van der Waals surface area contributed by atoms with Gasteiger partial charge in [-0.2, -0.15) is 0 Å². The minimum atomic E-state index is 0.0385. The number of nitrogens with zero attached hydrogens (tertiary/aromatic N) is 3. The van der Waals surface area contributed by atoms with Crippen LogP contribution in [0.4, 0.5) is 5.69 Å². The average Bonchev–Trinajstić information content (AvgIpc) is 2.57. The van der Waals surface area contributed by atoms with Gasteiger partial charge in [-0.15, -0.1) is 0 Å². The molecule has 5 nitrogen and oxygen atoms in total. The summed E-state index contributed by atoms with van der Waals surface area (Å²) < 4.78 is 0. The zero-order valence-electron chi connectivity index (χ0n) is 12.6. The Labute approximate surface area is 129 Å². The molecule has 2 aromatic rings. The van der Waals surface area contributed by atoms with Crippen LogP contribution in [0.3, 0.4) is 0 Å². The van der Waals surface area contributed by atoms with Crippen LogP contribution in [0.25, 0.3) is 10.9 Å². The highest BCUT2D eigenvalue weighted by molar-refractivity contribution is 5.94. The number of aromatic nitrogens is 1. The van der Waals surface area contributed by atoms with Gasteiger partial charge in [-0.3, -0.25) is 9.98 Å². The lowest BCUT2D eigenvalue weighted by molar-refractivity contribution is 0.235. The summed E-state index contributed by atoms with van der Waals surface area (Å²) in [6.07, 6.45) is 8.13. The largest absolute Gasteiger partial charge is 0.506 e. The van der Waals surface area contributed by atoms with E-state index in [9.17, 15) is 10.2 Å². The SMILES string of the molecule is Oc1c(N=CCCN2CCCCC2)cc(O)c2ncccc12. The maximum absolute atomic E-state index is 10.2. The first-order valence-electron chi connectivity index (χ1n) is 7.80. The number of fused-ring (bicyclic) bond motifs is 1. The zero-order valence-corrected chi connectivity index (χ0v) is 12.6.